The van der Waals surface area contributed by atoms with E-state index in [1.165, 1.54) is 16.4 Å². The van der Waals surface area contributed by atoms with Crippen molar-refractivity contribution >= 4 is 10.0 Å². The highest BCUT2D eigenvalue weighted by Crippen LogP contribution is 2.22. The molecular formula is C15H21FN2O2S. The van der Waals surface area contributed by atoms with Crippen LogP contribution < -0.4 is 5.32 Å². The molecule has 0 saturated carbocycles. The minimum absolute atomic E-state index is 0.244. The molecule has 4 nitrogen and oxygen atoms in total. The Balaban J connectivity index is 2.21. The second kappa shape index (κ2) is 6.68. The Bertz CT molecular complexity index is 627. The molecule has 0 atom stereocenters. The van der Waals surface area contributed by atoms with Gasteiger partial charge in [0.1, 0.15) is 10.7 Å². The second-order valence-electron chi connectivity index (χ2n) is 5.42. The maximum absolute atomic E-state index is 14.2. The van der Waals surface area contributed by atoms with Gasteiger partial charge in [0.05, 0.1) is 0 Å². The van der Waals surface area contributed by atoms with Crippen LogP contribution in [0.1, 0.15) is 25.8 Å². The van der Waals surface area contributed by atoms with Gasteiger partial charge in [-0.3, -0.25) is 0 Å². The first-order valence-electron chi connectivity index (χ1n) is 7.08. The van der Waals surface area contributed by atoms with Crippen LogP contribution in [0.2, 0.25) is 0 Å². The van der Waals surface area contributed by atoms with E-state index in [-0.39, 0.29) is 10.9 Å². The molecule has 0 radical (unpaired) electrons. The molecule has 6 heteroatoms. The summed E-state index contributed by atoms with van der Waals surface area (Å²) < 4.78 is 40.3. The van der Waals surface area contributed by atoms with Gasteiger partial charge in [-0.2, -0.15) is 4.31 Å². The second-order valence-corrected chi connectivity index (χ2v) is 7.33. The van der Waals surface area contributed by atoms with E-state index in [1.54, 1.807) is 12.1 Å². The summed E-state index contributed by atoms with van der Waals surface area (Å²) in [5.41, 5.74) is 0.735. The van der Waals surface area contributed by atoms with Crippen molar-refractivity contribution in [2.75, 3.05) is 13.1 Å². The van der Waals surface area contributed by atoms with Gasteiger partial charge in [0.15, 0.2) is 0 Å². The van der Waals surface area contributed by atoms with Crippen LogP contribution >= 0.6 is 0 Å². The van der Waals surface area contributed by atoms with Crippen LogP contribution in [0, 0.1) is 5.82 Å². The number of sulfonamides is 1. The van der Waals surface area contributed by atoms with Crippen molar-refractivity contribution in [3.05, 3.63) is 41.7 Å². The molecule has 0 unspecified atom stereocenters. The normalized spacial score (nSPS) is 16.6. The van der Waals surface area contributed by atoms with Crippen molar-refractivity contribution in [2.45, 2.75) is 37.8 Å². The van der Waals surface area contributed by atoms with Crippen LogP contribution in [-0.4, -0.2) is 31.9 Å². The van der Waals surface area contributed by atoms with Gasteiger partial charge in [-0.15, -0.1) is 0 Å². The van der Waals surface area contributed by atoms with Gasteiger partial charge in [-0.25, -0.2) is 12.8 Å². The lowest BCUT2D eigenvalue weighted by molar-refractivity contribution is 0.432. The molecule has 1 heterocycles. The molecule has 0 fully saturated rings. The number of nitrogens with one attached hydrogen (secondary N) is 1. The molecule has 1 aromatic rings. The van der Waals surface area contributed by atoms with Crippen molar-refractivity contribution in [3.8, 4) is 0 Å². The molecule has 1 N–H and O–H groups in total. The third-order valence-electron chi connectivity index (χ3n) is 3.35. The largest absolute Gasteiger partial charge is 0.310 e. The Morgan fingerprint density at radius 1 is 1.33 bits per heavy atom. The summed E-state index contributed by atoms with van der Waals surface area (Å²) in [6.45, 7) is 5.22. The first kappa shape index (κ1) is 16.1. The Labute approximate surface area is 125 Å². The quantitative estimate of drug-likeness (QED) is 0.849. The van der Waals surface area contributed by atoms with Crippen molar-refractivity contribution in [2.24, 2.45) is 0 Å². The molecule has 0 bridgehead atoms. The average molecular weight is 312 g/mol. The molecule has 0 saturated heterocycles. The summed E-state index contributed by atoms with van der Waals surface area (Å²) in [5, 5.41) is 3.17. The molecule has 1 aliphatic rings. The molecule has 2 rings (SSSR count). The standard InChI is InChI=1S/C15H21FN2O2S/c1-12(2)17-11-13-6-7-15(14(16)10-13)21(19,20)18-8-4-3-5-9-18/h3-4,6-7,10,12,17H,5,8-9,11H2,1-2H3. The van der Waals surface area contributed by atoms with Gasteiger partial charge >= 0.3 is 0 Å². The van der Waals surface area contributed by atoms with Crippen molar-refractivity contribution in [1.29, 1.82) is 0 Å². The zero-order valence-corrected chi connectivity index (χ0v) is 13.2. The smallest absolute Gasteiger partial charge is 0.246 e. The lowest BCUT2D eigenvalue weighted by Crippen LogP contribution is -2.34. The van der Waals surface area contributed by atoms with Crippen molar-refractivity contribution in [1.82, 2.24) is 9.62 Å². The van der Waals surface area contributed by atoms with E-state index in [0.717, 1.165) is 5.56 Å². The van der Waals surface area contributed by atoms with E-state index >= 15 is 0 Å². The summed E-state index contributed by atoms with van der Waals surface area (Å²) in [7, 11) is -3.75. The van der Waals surface area contributed by atoms with Gasteiger partial charge in [-0.05, 0) is 24.1 Å². The number of hydrogen-bond acceptors (Lipinski definition) is 3. The van der Waals surface area contributed by atoms with Gasteiger partial charge in [0, 0.05) is 25.7 Å². The zero-order valence-electron chi connectivity index (χ0n) is 12.3. The fraction of sp³-hybridized carbons (Fsp3) is 0.467. The maximum Gasteiger partial charge on any atom is 0.246 e. The number of halogens is 1. The van der Waals surface area contributed by atoms with E-state index < -0.39 is 15.8 Å². The Morgan fingerprint density at radius 2 is 2.10 bits per heavy atom. The van der Waals surface area contributed by atoms with Crippen LogP contribution in [0.3, 0.4) is 0 Å². The molecule has 0 spiro atoms. The molecule has 1 aliphatic heterocycles. The SMILES string of the molecule is CC(C)NCc1ccc(S(=O)(=O)N2CC=CCC2)c(F)c1. The average Bonchev–Trinajstić information content (AvgIpc) is 2.46. The Hall–Kier alpha value is -1.24. The fourth-order valence-corrected chi connectivity index (χ4v) is 3.61. The summed E-state index contributed by atoms with van der Waals surface area (Å²) in [5.74, 6) is -0.687. The number of hydrogen-bond donors (Lipinski definition) is 1. The molecule has 0 aliphatic carbocycles. The summed E-state index contributed by atoms with van der Waals surface area (Å²) in [6, 6.07) is 4.60. The van der Waals surface area contributed by atoms with E-state index in [0.29, 0.717) is 26.1 Å². The summed E-state index contributed by atoms with van der Waals surface area (Å²) in [6.07, 6.45) is 4.39. The van der Waals surface area contributed by atoms with Gasteiger partial charge in [0.25, 0.3) is 0 Å². The first-order valence-corrected chi connectivity index (χ1v) is 8.52. The van der Waals surface area contributed by atoms with Crippen LogP contribution in [0.25, 0.3) is 0 Å². The van der Waals surface area contributed by atoms with Gasteiger partial charge in [-0.1, -0.05) is 32.1 Å². The lowest BCUT2D eigenvalue weighted by atomic mass is 10.2. The van der Waals surface area contributed by atoms with Crippen LogP contribution in [0.4, 0.5) is 4.39 Å². The molecule has 0 amide bonds. The molecule has 21 heavy (non-hydrogen) atoms. The Kier molecular flexibility index (Phi) is 5.13. The number of benzene rings is 1. The first-order chi connectivity index (χ1) is 9.91. The zero-order chi connectivity index (χ0) is 15.5. The van der Waals surface area contributed by atoms with Crippen LogP contribution in [0.15, 0.2) is 35.2 Å². The molecule has 116 valence electrons. The number of nitrogens with zero attached hydrogens (tertiary/aromatic N) is 1. The third-order valence-corrected chi connectivity index (χ3v) is 5.25. The van der Waals surface area contributed by atoms with E-state index in [4.69, 9.17) is 0 Å². The predicted molar refractivity (Wildman–Crippen MR) is 80.9 cm³/mol. The Morgan fingerprint density at radius 3 is 2.67 bits per heavy atom. The minimum Gasteiger partial charge on any atom is -0.310 e. The molecule has 1 aromatic carbocycles. The lowest BCUT2D eigenvalue weighted by Gasteiger charge is -2.23. The maximum atomic E-state index is 14.2. The molecular weight excluding hydrogens is 291 g/mol. The highest BCUT2D eigenvalue weighted by atomic mass is 32.2. The van der Waals surface area contributed by atoms with Crippen LogP contribution in [0.5, 0.6) is 0 Å². The highest BCUT2D eigenvalue weighted by molar-refractivity contribution is 7.89. The van der Waals surface area contributed by atoms with E-state index in [1.807, 2.05) is 19.9 Å². The van der Waals surface area contributed by atoms with Gasteiger partial charge < -0.3 is 5.32 Å². The minimum atomic E-state index is -3.75. The molecule has 0 aromatic heterocycles. The van der Waals surface area contributed by atoms with Crippen LogP contribution in [-0.2, 0) is 16.6 Å². The predicted octanol–water partition coefficient (Wildman–Crippen LogP) is 2.27. The fourth-order valence-electron chi connectivity index (χ4n) is 2.16. The van der Waals surface area contributed by atoms with Crippen molar-refractivity contribution < 1.29 is 12.8 Å². The van der Waals surface area contributed by atoms with E-state index in [9.17, 15) is 12.8 Å². The summed E-state index contributed by atoms with van der Waals surface area (Å²) >= 11 is 0. The summed E-state index contributed by atoms with van der Waals surface area (Å²) in [4.78, 5) is -0.244. The monoisotopic (exact) mass is 312 g/mol. The van der Waals surface area contributed by atoms with Gasteiger partial charge in [0.2, 0.25) is 10.0 Å². The number of rotatable bonds is 5. The highest BCUT2D eigenvalue weighted by Gasteiger charge is 2.27. The topological polar surface area (TPSA) is 49.4 Å². The third kappa shape index (κ3) is 3.90. The van der Waals surface area contributed by atoms with Crippen molar-refractivity contribution in [3.63, 3.8) is 0 Å². The van der Waals surface area contributed by atoms with E-state index in [2.05, 4.69) is 5.32 Å².